The van der Waals surface area contributed by atoms with Gasteiger partial charge in [-0.1, -0.05) is 42.5 Å². The molecule has 0 aromatic heterocycles. The second-order valence-electron chi connectivity index (χ2n) is 8.04. The molecule has 2 N–H and O–H groups in total. The van der Waals surface area contributed by atoms with Crippen LogP contribution >= 0.6 is 24.0 Å². The number of nitrogens with one attached hydrogen (secondary N) is 2. The Morgan fingerprint density at radius 2 is 1.66 bits per heavy atom. The zero-order valence-electron chi connectivity index (χ0n) is 19.0. The minimum Gasteiger partial charge on any atom is -0.354 e. The highest BCUT2D eigenvalue weighted by atomic mass is 127. The van der Waals surface area contributed by atoms with Crippen LogP contribution in [0.4, 0.5) is 0 Å². The molecule has 3 rings (SSSR count). The van der Waals surface area contributed by atoms with Crippen LogP contribution in [0, 0.1) is 0 Å². The fraction of sp³-hybridized carbons (Fsp3) is 0.435. The van der Waals surface area contributed by atoms with E-state index in [9.17, 15) is 8.42 Å². The lowest BCUT2D eigenvalue weighted by Crippen LogP contribution is -2.48. The average molecular weight is 572 g/mol. The summed E-state index contributed by atoms with van der Waals surface area (Å²) in [5.41, 5.74) is 2.36. The molecule has 9 heteroatoms. The van der Waals surface area contributed by atoms with Crippen LogP contribution in [0.5, 0.6) is 0 Å². The van der Waals surface area contributed by atoms with Crippen LogP contribution in [0.2, 0.25) is 0 Å². The van der Waals surface area contributed by atoms with Crippen molar-refractivity contribution in [1.29, 1.82) is 0 Å². The molecular formula is C23H34IN5O2S. The Morgan fingerprint density at radius 3 is 2.22 bits per heavy atom. The summed E-state index contributed by atoms with van der Waals surface area (Å²) in [4.78, 5) is 7.13. The summed E-state index contributed by atoms with van der Waals surface area (Å²) >= 11 is 0. The predicted octanol–water partition coefficient (Wildman–Crippen LogP) is 2.88. The van der Waals surface area contributed by atoms with E-state index in [0.29, 0.717) is 17.5 Å². The molecule has 1 heterocycles. The van der Waals surface area contributed by atoms with Gasteiger partial charge in [-0.25, -0.2) is 12.7 Å². The molecule has 2 aromatic rings. The maximum absolute atomic E-state index is 12.2. The highest BCUT2D eigenvalue weighted by Crippen LogP contribution is 2.15. The molecule has 0 saturated carbocycles. The Balaban J connectivity index is 0.00000363. The van der Waals surface area contributed by atoms with Crippen LogP contribution in [0.3, 0.4) is 0 Å². The molecule has 0 bridgehead atoms. The fourth-order valence-electron chi connectivity index (χ4n) is 3.64. The van der Waals surface area contributed by atoms with E-state index in [1.165, 1.54) is 24.0 Å². The second-order valence-corrected chi connectivity index (χ2v) is 10.2. The molecule has 0 unspecified atom stereocenters. The van der Waals surface area contributed by atoms with E-state index >= 15 is 0 Å². The van der Waals surface area contributed by atoms with Crippen LogP contribution in [0.15, 0.2) is 64.5 Å². The minimum absolute atomic E-state index is 0. The normalized spacial score (nSPS) is 15.9. The van der Waals surface area contributed by atoms with E-state index < -0.39 is 10.0 Å². The number of hydrogen-bond donors (Lipinski definition) is 2. The third-order valence-corrected chi connectivity index (χ3v) is 7.39. The van der Waals surface area contributed by atoms with Gasteiger partial charge in [0.1, 0.15) is 0 Å². The number of sulfonamides is 1. The first-order chi connectivity index (χ1) is 14.9. The fourth-order valence-corrected chi connectivity index (χ4v) is 4.54. The number of nitrogens with zero attached hydrogens (tertiary/aromatic N) is 3. The molecule has 1 fully saturated rings. The third kappa shape index (κ3) is 7.43. The molecule has 1 aliphatic rings. The molecule has 2 aromatic carbocycles. The maximum Gasteiger partial charge on any atom is 0.242 e. The first kappa shape index (κ1) is 26.6. The minimum atomic E-state index is -3.40. The van der Waals surface area contributed by atoms with Crippen molar-refractivity contribution in [2.24, 2.45) is 4.99 Å². The lowest BCUT2D eigenvalue weighted by molar-refractivity contribution is 0.198. The number of rotatable bonds is 7. The van der Waals surface area contributed by atoms with E-state index in [1.54, 1.807) is 19.2 Å². The van der Waals surface area contributed by atoms with E-state index in [-0.39, 0.29) is 24.0 Å². The first-order valence-electron chi connectivity index (χ1n) is 10.6. The molecule has 176 valence electrons. The zero-order chi connectivity index (χ0) is 22.3. The molecule has 0 amide bonds. The summed E-state index contributed by atoms with van der Waals surface area (Å²) < 4.78 is 25.6. The summed E-state index contributed by atoms with van der Waals surface area (Å²) in [7, 11) is 1.44. The van der Waals surface area contributed by atoms with E-state index in [4.69, 9.17) is 0 Å². The van der Waals surface area contributed by atoms with Gasteiger partial charge in [0.25, 0.3) is 0 Å². The second kappa shape index (κ2) is 12.5. The highest BCUT2D eigenvalue weighted by Gasteiger charge is 2.20. The Hall–Kier alpha value is -1.69. The summed E-state index contributed by atoms with van der Waals surface area (Å²) in [6, 6.07) is 17.9. The number of benzene rings is 2. The van der Waals surface area contributed by atoms with Gasteiger partial charge < -0.3 is 10.6 Å². The van der Waals surface area contributed by atoms with E-state index in [0.717, 1.165) is 44.0 Å². The summed E-state index contributed by atoms with van der Waals surface area (Å²) in [5, 5.41) is 6.85. The van der Waals surface area contributed by atoms with Crippen molar-refractivity contribution in [3.8, 4) is 0 Å². The predicted molar refractivity (Wildman–Crippen MR) is 141 cm³/mol. The van der Waals surface area contributed by atoms with Crippen LogP contribution in [0.1, 0.15) is 24.0 Å². The quantitative estimate of drug-likeness (QED) is 0.304. The molecule has 1 saturated heterocycles. The molecule has 0 radical (unpaired) electrons. The Bertz CT molecular complexity index is 958. The van der Waals surface area contributed by atoms with Gasteiger partial charge in [-0.05, 0) is 36.1 Å². The van der Waals surface area contributed by atoms with Gasteiger partial charge in [0, 0.05) is 53.4 Å². The lowest BCUT2D eigenvalue weighted by atomic mass is 10.0. The number of halogens is 1. The van der Waals surface area contributed by atoms with E-state index in [2.05, 4.69) is 50.9 Å². The van der Waals surface area contributed by atoms with Crippen LogP contribution in [-0.4, -0.2) is 63.9 Å². The molecule has 0 aliphatic carbocycles. The van der Waals surface area contributed by atoms with Gasteiger partial charge in [0.05, 0.1) is 4.90 Å². The van der Waals surface area contributed by atoms with Gasteiger partial charge in [-0.15, -0.1) is 24.0 Å². The Morgan fingerprint density at radius 1 is 1.03 bits per heavy atom. The largest absolute Gasteiger partial charge is 0.354 e. The van der Waals surface area contributed by atoms with Crippen molar-refractivity contribution in [2.75, 3.05) is 34.2 Å². The summed E-state index contributed by atoms with van der Waals surface area (Å²) in [6.07, 6.45) is 2.15. The molecule has 0 atom stereocenters. The smallest absolute Gasteiger partial charge is 0.242 e. The van der Waals surface area contributed by atoms with Gasteiger partial charge in [0.15, 0.2) is 5.96 Å². The maximum atomic E-state index is 12.2. The van der Waals surface area contributed by atoms with E-state index in [1.807, 2.05) is 12.1 Å². The van der Waals surface area contributed by atoms with Gasteiger partial charge in [-0.2, -0.15) is 0 Å². The topological polar surface area (TPSA) is 77.0 Å². The van der Waals surface area contributed by atoms with Crippen molar-refractivity contribution >= 4 is 40.0 Å². The van der Waals surface area contributed by atoms with Crippen LogP contribution < -0.4 is 10.6 Å². The number of piperidine rings is 1. The summed E-state index contributed by atoms with van der Waals surface area (Å²) in [5.74, 6) is 0.770. The van der Waals surface area contributed by atoms with Crippen LogP contribution in [-0.2, 0) is 23.1 Å². The molecule has 32 heavy (non-hydrogen) atoms. The number of aliphatic imine (C=N–C) groups is 1. The summed E-state index contributed by atoms with van der Waals surface area (Å²) in [6.45, 7) is 3.70. The molecule has 1 aliphatic heterocycles. The average Bonchev–Trinajstić information content (AvgIpc) is 2.78. The van der Waals surface area contributed by atoms with Crippen molar-refractivity contribution in [1.82, 2.24) is 19.8 Å². The van der Waals surface area contributed by atoms with Crippen LogP contribution in [0.25, 0.3) is 0 Å². The van der Waals surface area contributed by atoms with Gasteiger partial charge in [0.2, 0.25) is 10.0 Å². The standard InChI is InChI=1S/C23H33N5O2S.HI/c1-24-23(25-17-19-9-11-22(12-10-19)31(29,30)27(2)3)26-21-13-15-28(16-14-21)18-20-7-5-4-6-8-20;/h4-12,21H,13-18H2,1-3H3,(H2,24,25,26);1H. The monoisotopic (exact) mass is 571 g/mol. The number of hydrogen-bond acceptors (Lipinski definition) is 4. The highest BCUT2D eigenvalue weighted by molar-refractivity contribution is 14.0. The molecule has 7 nitrogen and oxygen atoms in total. The van der Waals surface area contributed by atoms with Gasteiger partial charge >= 0.3 is 0 Å². The Kier molecular flexibility index (Phi) is 10.4. The SMILES string of the molecule is CN=C(NCc1ccc(S(=O)(=O)N(C)C)cc1)NC1CCN(Cc2ccccc2)CC1.I. The molecular weight excluding hydrogens is 537 g/mol. The van der Waals surface area contributed by atoms with Crippen molar-refractivity contribution in [2.45, 2.75) is 36.9 Å². The third-order valence-electron chi connectivity index (χ3n) is 5.56. The Labute approximate surface area is 209 Å². The molecule has 0 spiro atoms. The zero-order valence-corrected chi connectivity index (χ0v) is 22.1. The van der Waals surface area contributed by atoms with Crippen molar-refractivity contribution in [3.05, 3.63) is 65.7 Å². The van der Waals surface area contributed by atoms with Crippen molar-refractivity contribution < 1.29 is 8.42 Å². The first-order valence-corrected chi connectivity index (χ1v) is 12.1. The number of likely N-dealkylation sites (tertiary alicyclic amines) is 1. The van der Waals surface area contributed by atoms with Gasteiger partial charge in [-0.3, -0.25) is 9.89 Å². The van der Waals surface area contributed by atoms with Crippen molar-refractivity contribution in [3.63, 3.8) is 0 Å². The lowest BCUT2D eigenvalue weighted by Gasteiger charge is -2.33. The number of guanidine groups is 1.